The van der Waals surface area contributed by atoms with Gasteiger partial charge in [-0.25, -0.2) is 0 Å². The van der Waals surface area contributed by atoms with Crippen LogP contribution in [-0.4, -0.2) is 22.4 Å². The zero-order valence-electron chi connectivity index (χ0n) is 8.10. The molecule has 0 aromatic carbocycles. The number of hydrogen-bond donors (Lipinski definition) is 2. The first-order valence-corrected chi connectivity index (χ1v) is 4.26. The van der Waals surface area contributed by atoms with Crippen molar-refractivity contribution in [3.63, 3.8) is 0 Å². The predicted octanol–water partition coefficient (Wildman–Crippen LogP) is -8.13. The molecule has 4 nitrogen and oxygen atoms in total. The van der Waals surface area contributed by atoms with E-state index in [-0.39, 0.29) is 72.0 Å². The number of carbonyl (C=O) groups excluding carboxylic acids is 2. The van der Waals surface area contributed by atoms with E-state index < -0.39 is 22.4 Å². The van der Waals surface area contributed by atoms with Crippen molar-refractivity contribution in [2.45, 2.75) is 23.3 Å². The van der Waals surface area contributed by atoms with Crippen LogP contribution < -0.4 is 69.3 Å². The second kappa shape index (κ2) is 11.1. The van der Waals surface area contributed by atoms with Gasteiger partial charge in [0.05, 0.1) is 11.9 Å². The van der Waals surface area contributed by atoms with E-state index >= 15 is 0 Å². The first kappa shape index (κ1) is 21.0. The fraction of sp³-hybridized carbons (Fsp3) is 0.667. The standard InChI is InChI=1S/C6H10O4S2.2Na/c7-5(8)3(11)1-2-4(12)6(9)10;;/h3-4,11-12H,1-2H2,(H,7,8)(H,9,10);;/q;2*+1/p-2. The molecule has 0 bridgehead atoms. The molecule has 2 atom stereocenters. The monoisotopic (exact) mass is 254 g/mol. The fourth-order valence-corrected chi connectivity index (χ4v) is 0.850. The minimum atomic E-state index is -1.31. The summed E-state index contributed by atoms with van der Waals surface area (Å²) in [4.78, 5) is 20.2. The first-order valence-electron chi connectivity index (χ1n) is 3.23. The third kappa shape index (κ3) is 10.2. The molecule has 0 aromatic heterocycles. The Morgan fingerprint density at radius 1 is 0.929 bits per heavy atom. The molecule has 14 heavy (non-hydrogen) atoms. The van der Waals surface area contributed by atoms with E-state index in [0.29, 0.717) is 0 Å². The molecule has 0 aliphatic heterocycles. The van der Waals surface area contributed by atoms with Gasteiger partial charge >= 0.3 is 59.1 Å². The van der Waals surface area contributed by atoms with E-state index in [1.807, 2.05) is 0 Å². The minimum Gasteiger partial charge on any atom is -0.549 e. The fourth-order valence-electron chi connectivity index (χ4n) is 0.551. The van der Waals surface area contributed by atoms with Crippen molar-refractivity contribution in [3.8, 4) is 0 Å². The predicted molar refractivity (Wildman–Crippen MR) is 44.8 cm³/mol. The molecule has 0 spiro atoms. The van der Waals surface area contributed by atoms with Crippen LogP contribution in [0.3, 0.4) is 0 Å². The zero-order valence-corrected chi connectivity index (χ0v) is 13.9. The van der Waals surface area contributed by atoms with Crippen LogP contribution >= 0.6 is 25.3 Å². The summed E-state index contributed by atoms with van der Waals surface area (Å²) in [5.74, 6) is -2.62. The smallest absolute Gasteiger partial charge is 0.549 e. The van der Waals surface area contributed by atoms with E-state index in [2.05, 4.69) is 25.3 Å². The third-order valence-corrected chi connectivity index (χ3v) is 2.20. The SMILES string of the molecule is O=C([O-])C(S)CCC(S)C(=O)[O-].[Na+].[Na+]. The van der Waals surface area contributed by atoms with Crippen molar-refractivity contribution in [1.29, 1.82) is 0 Å². The molecule has 0 aromatic rings. The van der Waals surface area contributed by atoms with Gasteiger partial charge in [0.1, 0.15) is 0 Å². The van der Waals surface area contributed by atoms with Crippen LogP contribution in [0.1, 0.15) is 12.8 Å². The van der Waals surface area contributed by atoms with E-state index in [0.717, 1.165) is 0 Å². The summed E-state index contributed by atoms with van der Waals surface area (Å²) in [7, 11) is 0. The molecule has 0 aliphatic rings. The van der Waals surface area contributed by atoms with Gasteiger partial charge < -0.3 is 19.8 Å². The van der Waals surface area contributed by atoms with Gasteiger partial charge in [-0.3, -0.25) is 0 Å². The number of hydrogen-bond acceptors (Lipinski definition) is 6. The van der Waals surface area contributed by atoms with Crippen LogP contribution in [0.15, 0.2) is 0 Å². The van der Waals surface area contributed by atoms with Gasteiger partial charge in [0.2, 0.25) is 0 Å². The molecule has 2 unspecified atom stereocenters. The summed E-state index contributed by atoms with van der Waals surface area (Å²) in [6, 6.07) is 0. The van der Waals surface area contributed by atoms with Crippen molar-refractivity contribution in [1.82, 2.24) is 0 Å². The normalized spacial score (nSPS) is 13.0. The largest absolute Gasteiger partial charge is 1.00 e. The number of carboxylic acid groups (broad SMARTS) is 2. The van der Waals surface area contributed by atoms with Crippen molar-refractivity contribution < 1.29 is 78.9 Å². The molecule has 0 N–H and O–H groups in total. The van der Waals surface area contributed by atoms with Gasteiger partial charge in [-0.15, -0.1) is 0 Å². The summed E-state index contributed by atoms with van der Waals surface area (Å²) in [6.45, 7) is 0. The summed E-state index contributed by atoms with van der Waals surface area (Å²) >= 11 is 7.32. The minimum absolute atomic E-state index is 0. The molecular weight excluding hydrogens is 246 g/mol. The Bertz CT molecular complexity index is 171. The van der Waals surface area contributed by atoms with Crippen LogP contribution in [0, 0.1) is 0 Å². The molecule has 70 valence electrons. The number of carboxylic acids is 2. The van der Waals surface area contributed by atoms with Crippen LogP contribution in [0.2, 0.25) is 0 Å². The van der Waals surface area contributed by atoms with E-state index in [4.69, 9.17) is 0 Å². The number of aliphatic carboxylic acids is 2. The summed E-state index contributed by atoms with van der Waals surface area (Å²) in [6.07, 6.45) is 0.210. The van der Waals surface area contributed by atoms with Gasteiger partial charge in [-0.05, 0) is 12.8 Å². The summed E-state index contributed by atoms with van der Waals surface area (Å²) in [5, 5.41) is 18.3. The maximum Gasteiger partial charge on any atom is 1.00 e. The van der Waals surface area contributed by atoms with Crippen molar-refractivity contribution >= 4 is 37.2 Å². The quantitative estimate of drug-likeness (QED) is 0.377. The van der Waals surface area contributed by atoms with Gasteiger partial charge in [-0.1, -0.05) is 0 Å². The maximum atomic E-state index is 10.1. The third-order valence-electron chi connectivity index (χ3n) is 1.26. The average molecular weight is 254 g/mol. The van der Waals surface area contributed by atoms with Crippen LogP contribution in [0.25, 0.3) is 0 Å². The van der Waals surface area contributed by atoms with Crippen LogP contribution in [0.5, 0.6) is 0 Å². The summed E-state index contributed by atoms with van der Waals surface area (Å²) < 4.78 is 0. The topological polar surface area (TPSA) is 80.3 Å². The molecule has 0 fully saturated rings. The van der Waals surface area contributed by atoms with Gasteiger partial charge in [0.15, 0.2) is 0 Å². The average Bonchev–Trinajstić information content (AvgIpc) is 1.98. The number of thiol groups is 2. The van der Waals surface area contributed by atoms with E-state index in [1.165, 1.54) is 0 Å². The van der Waals surface area contributed by atoms with Crippen molar-refractivity contribution in [2.75, 3.05) is 0 Å². The second-order valence-corrected chi connectivity index (χ2v) is 3.49. The molecule has 0 radical (unpaired) electrons. The Morgan fingerprint density at radius 3 is 1.29 bits per heavy atom. The van der Waals surface area contributed by atoms with Crippen molar-refractivity contribution in [3.05, 3.63) is 0 Å². The van der Waals surface area contributed by atoms with Crippen LogP contribution in [-0.2, 0) is 9.59 Å². The molecule has 0 saturated carbocycles. The van der Waals surface area contributed by atoms with Gasteiger partial charge in [0.25, 0.3) is 0 Å². The Balaban J connectivity index is -0.000000605. The maximum absolute atomic E-state index is 10.1. The molecule has 0 aliphatic carbocycles. The van der Waals surface area contributed by atoms with E-state index in [9.17, 15) is 19.8 Å². The first-order chi connectivity index (χ1) is 5.45. The molecule has 0 heterocycles. The molecular formula is C6H8Na2O4S2. The number of carbonyl (C=O) groups is 2. The molecule has 0 amide bonds. The Kier molecular flexibility index (Phi) is 16.7. The molecule has 0 rings (SSSR count). The van der Waals surface area contributed by atoms with Gasteiger partial charge in [-0.2, -0.15) is 25.3 Å². The zero-order chi connectivity index (χ0) is 9.72. The second-order valence-electron chi connectivity index (χ2n) is 2.25. The van der Waals surface area contributed by atoms with Gasteiger partial charge in [0, 0.05) is 10.5 Å². The Hall–Kier alpha value is 1.64. The van der Waals surface area contributed by atoms with Crippen LogP contribution in [0.4, 0.5) is 0 Å². The Labute approximate surface area is 138 Å². The molecule has 0 saturated heterocycles. The summed E-state index contributed by atoms with van der Waals surface area (Å²) in [5.41, 5.74) is 0. The number of rotatable bonds is 5. The van der Waals surface area contributed by atoms with Crippen molar-refractivity contribution in [2.24, 2.45) is 0 Å². The molecule has 8 heteroatoms. The van der Waals surface area contributed by atoms with E-state index in [1.54, 1.807) is 0 Å². The Morgan fingerprint density at radius 2 is 1.14 bits per heavy atom.